The second kappa shape index (κ2) is 6.02. The van der Waals surface area contributed by atoms with Crippen LogP contribution in [0, 0.1) is 5.41 Å². The van der Waals surface area contributed by atoms with Gasteiger partial charge >= 0.3 is 5.97 Å². The van der Waals surface area contributed by atoms with Gasteiger partial charge in [-0.2, -0.15) is 0 Å². The van der Waals surface area contributed by atoms with Crippen LogP contribution in [0.15, 0.2) is 48.5 Å². The summed E-state index contributed by atoms with van der Waals surface area (Å²) in [5.74, 6) is 0.392. The van der Waals surface area contributed by atoms with Crippen molar-refractivity contribution in [3.8, 4) is 11.5 Å². The average Bonchev–Trinajstić information content (AvgIpc) is 2.63. The van der Waals surface area contributed by atoms with Gasteiger partial charge in [0.2, 0.25) is 0 Å². The van der Waals surface area contributed by atoms with Crippen LogP contribution in [0.5, 0.6) is 11.5 Å². The van der Waals surface area contributed by atoms with Gasteiger partial charge in [-0.25, -0.2) is 0 Å². The minimum Gasteiger partial charge on any atom is -0.457 e. The van der Waals surface area contributed by atoms with Gasteiger partial charge in [-0.15, -0.1) is 0 Å². The first kappa shape index (κ1) is 16.4. The predicted octanol–water partition coefficient (Wildman–Crippen LogP) is 3.74. The van der Waals surface area contributed by atoms with E-state index in [9.17, 15) is 0 Å². The predicted molar refractivity (Wildman–Crippen MR) is 94.9 cm³/mol. The molecule has 0 N–H and O–H groups in total. The Labute approximate surface area is 148 Å². The van der Waals surface area contributed by atoms with E-state index < -0.39 is 5.97 Å². The molecule has 5 heteroatoms. The monoisotopic (exact) mass is 341 g/mol. The molecule has 3 fully saturated rings. The summed E-state index contributed by atoms with van der Waals surface area (Å²) in [5, 5.41) is 0. The summed E-state index contributed by atoms with van der Waals surface area (Å²) in [6.07, 6.45) is 0. The number of hydrogen-bond acceptors (Lipinski definition) is 5. The molecule has 132 valence electrons. The zero-order valence-corrected chi connectivity index (χ0v) is 14.8. The van der Waals surface area contributed by atoms with Gasteiger partial charge in [-0.05, 0) is 24.3 Å². The molecule has 3 aliphatic rings. The van der Waals surface area contributed by atoms with E-state index >= 15 is 0 Å². The molecule has 2 aromatic carbocycles. The molecule has 3 aliphatic heterocycles. The Morgan fingerprint density at radius 3 is 2.12 bits per heavy atom. The Balaban J connectivity index is 1.57. The van der Waals surface area contributed by atoms with Crippen molar-refractivity contribution >= 4 is 5.69 Å². The van der Waals surface area contributed by atoms with Crippen molar-refractivity contribution < 1.29 is 18.9 Å². The maximum atomic E-state index is 6.03. The third kappa shape index (κ3) is 3.11. The van der Waals surface area contributed by atoms with Gasteiger partial charge in [0, 0.05) is 36.8 Å². The fourth-order valence-electron chi connectivity index (χ4n) is 3.02. The number of anilines is 1. The lowest BCUT2D eigenvalue weighted by atomic mass is 9.91. The molecule has 3 heterocycles. The number of ether oxygens (including phenoxy) is 4. The number of rotatable bonds is 4. The van der Waals surface area contributed by atoms with Crippen molar-refractivity contribution in [2.45, 2.75) is 12.9 Å². The molecule has 5 nitrogen and oxygen atoms in total. The van der Waals surface area contributed by atoms with Crippen molar-refractivity contribution in [2.24, 2.45) is 5.41 Å². The molecule has 0 spiro atoms. The van der Waals surface area contributed by atoms with Crippen LogP contribution in [0.25, 0.3) is 0 Å². The lowest BCUT2D eigenvalue weighted by molar-refractivity contribution is -0.477. The molecule has 0 amide bonds. The number of benzene rings is 2. The second-order valence-electron chi connectivity index (χ2n) is 7.25. The maximum Gasteiger partial charge on any atom is 0.312 e. The normalized spacial score (nSPS) is 28.0. The lowest BCUT2D eigenvalue weighted by Crippen LogP contribution is -2.57. The van der Waals surface area contributed by atoms with E-state index in [-0.39, 0.29) is 5.41 Å². The van der Waals surface area contributed by atoms with Crippen LogP contribution in [-0.4, -0.2) is 33.9 Å². The lowest BCUT2D eigenvalue weighted by Gasteiger charge is -2.50. The fraction of sp³-hybridized carbons (Fsp3) is 0.400. The minimum absolute atomic E-state index is 0.0531. The molecule has 0 radical (unpaired) electrons. The van der Waals surface area contributed by atoms with Gasteiger partial charge in [0.05, 0.1) is 19.8 Å². The van der Waals surface area contributed by atoms with Crippen LogP contribution >= 0.6 is 0 Å². The van der Waals surface area contributed by atoms with Gasteiger partial charge in [0.1, 0.15) is 11.5 Å². The molecule has 0 aliphatic carbocycles. The van der Waals surface area contributed by atoms with E-state index in [0.717, 1.165) is 22.7 Å². The fourth-order valence-corrected chi connectivity index (χ4v) is 3.02. The molecule has 2 aromatic rings. The van der Waals surface area contributed by atoms with Gasteiger partial charge < -0.3 is 23.8 Å². The molecule has 3 saturated heterocycles. The minimum atomic E-state index is -1.11. The first-order valence-electron chi connectivity index (χ1n) is 8.46. The van der Waals surface area contributed by atoms with E-state index in [0.29, 0.717) is 19.8 Å². The number of hydrogen-bond donors (Lipinski definition) is 0. The van der Waals surface area contributed by atoms with Crippen LogP contribution in [0.2, 0.25) is 0 Å². The van der Waals surface area contributed by atoms with Crippen molar-refractivity contribution in [3.05, 3.63) is 54.1 Å². The van der Waals surface area contributed by atoms with Crippen LogP contribution in [0.1, 0.15) is 12.5 Å². The number of fused-ring (bicyclic) bond motifs is 3. The smallest absolute Gasteiger partial charge is 0.312 e. The van der Waals surface area contributed by atoms with Gasteiger partial charge in [-0.1, -0.05) is 25.1 Å². The van der Waals surface area contributed by atoms with E-state index in [1.807, 2.05) is 67.5 Å². The molecular weight excluding hydrogens is 318 g/mol. The third-order valence-corrected chi connectivity index (χ3v) is 4.59. The molecule has 0 atom stereocenters. The molecule has 0 unspecified atom stereocenters. The van der Waals surface area contributed by atoms with E-state index in [1.54, 1.807) is 0 Å². The van der Waals surface area contributed by atoms with Crippen LogP contribution in [0.4, 0.5) is 5.69 Å². The van der Waals surface area contributed by atoms with Crippen LogP contribution in [-0.2, 0) is 20.2 Å². The summed E-state index contributed by atoms with van der Waals surface area (Å²) in [6, 6.07) is 15.7. The van der Waals surface area contributed by atoms with Crippen molar-refractivity contribution in [3.63, 3.8) is 0 Å². The second-order valence-corrected chi connectivity index (χ2v) is 7.25. The average molecular weight is 341 g/mol. The standard InChI is InChI=1S/C20H23NO4/c1-19-12-22-20(23-13-19,24-14-19)15-6-4-8-17(10-15)25-18-9-5-7-16(11-18)21(2)3/h4-11H,12-14H2,1-3H3. The van der Waals surface area contributed by atoms with Crippen molar-refractivity contribution in [2.75, 3.05) is 38.8 Å². The van der Waals surface area contributed by atoms with Crippen LogP contribution < -0.4 is 9.64 Å². The molecule has 0 aromatic heterocycles. The van der Waals surface area contributed by atoms with E-state index in [4.69, 9.17) is 18.9 Å². The Bertz CT molecular complexity index is 749. The Kier molecular flexibility index (Phi) is 3.95. The summed E-state index contributed by atoms with van der Waals surface area (Å²) >= 11 is 0. The van der Waals surface area contributed by atoms with Gasteiger partial charge in [0.15, 0.2) is 0 Å². The van der Waals surface area contributed by atoms with Crippen molar-refractivity contribution in [1.82, 2.24) is 0 Å². The topological polar surface area (TPSA) is 40.2 Å². The van der Waals surface area contributed by atoms with E-state index in [1.165, 1.54) is 0 Å². The molecule has 0 saturated carbocycles. The summed E-state index contributed by atoms with van der Waals surface area (Å²) in [7, 11) is 4.01. The molecule has 25 heavy (non-hydrogen) atoms. The van der Waals surface area contributed by atoms with E-state index in [2.05, 4.69) is 6.92 Å². The summed E-state index contributed by atoms with van der Waals surface area (Å²) in [5.41, 5.74) is 1.85. The molecular formula is C20H23NO4. The first-order chi connectivity index (χ1) is 12.0. The number of nitrogens with zero attached hydrogens (tertiary/aromatic N) is 1. The molecule has 5 rings (SSSR count). The first-order valence-corrected chi connectivity index (χ1v) is 8.46. The quantitative estimate of drug-likeness (QED) is 0.847. The molecule has 2 bridgehead atoms. The van der Waals surface area contributed by atoms with Crippen LogP contribution in [0.3, 0.4) is 0 Å². The van der Waals surface area contributed by atoms with Gasteiger partial charge in [0.25, 0.3) is 0 Å². The highest BCUT2D eigenvalue weighted by Gasteiger charge is 2.51. The highest BCUT2D eigenvalue weighted by atomic mass is 16.9. The Hall–Kier alpha value is -2.08. The largest absolute Gasteiger partial charge is 0.457 e. The zero-order valence-electron chi connectivity index (χ0n) is 14.8. The highest BCUT2D eigenvalue weighted by molar-refractivity contribution is 5.50. The summed E-state index contributed by atoms with van der Waals surface area (Å²) in [6.45, 7) is 3.99. The highest BCUT2D eigenvalue weighted by Crippen LogP contribution is 2.44. The Morgan fingerprint density at radius 2 is 1.48 bits per heavy atom. The third-order valence-electron chi connectivity index (χ3n) is 4.59. The van der Waals surface area contributed by atoms with Crippen molar-refractivity contribution in [1.29, 1.82) is 0 Å². The zero-order chi connectivity index (χ0) is 17.5. The van der Waals surface area contributed by atoms with Gasteiger partial charge in [-0.3, -0.25) is 0 Å². The Morgan fingerprint density at radius 1 is 0.880 bits per heavy atom. The summed E-state index contributed by atoms with van der Waals surface area (Å²) < 4.78 is 23.7. The SMILES string of the molecule is CN(C)c1cccc(Oc2cccc(C34OCC(C)(CO3)CO4)c2)c1. The maximum absolute atomic E-state index is 6.03. The summed E-state index contributed by atoms with van der Waals surface area (Å²) in [4.78, 5) is 2.04.